The lowest BCUT2D eigenvalue weighted by Gasteiger charge is -2.45. The Hall–Kier alpha value is -3.37. The highest BCUT2D eigenvalue weighted by Gasteiger charge is 2.33. The number of fused-ring (bicyclic) bond motifs is 1. The first kappa shape index (κ1) is 25.3. The minimum Gasteiger partial charge on any atom is -0.367 e. The van der Waals surface area contributed by atoms with Crippen LogP contribution < -0.4 is 10.5 Å². The normalized spacial score (nSPS) is 16.4. The first-order chi connectivity index (χ1) is 17.8. The highest BCUT2D eigenvalue weighted by Crippen LogP contribution is 2.35. The van der Waals surface area contributed by atoms with Crippen molar-refractivity contribution in [1.29, 1.82) is 5.26 Å². The Morgan fingerprint density at radius 1 is 0.973 bits per heavy atom. The summed E-state index contributed by atoms with van der Waals surface area (Å²) in [6.45, 7) is 6.24. The van der Waals surface area contributed by atoms with Crippen LogP contribution in [0.5, 0.6) is 0 Å². The summed E-state index contributed by atoms with van der Waals surface area (Å²) in [5.41, 5.74) is 5.46. The van der Waals surface area contributed by atoms with Gasteiger partial charge in [0.15, 0.2) is 0 Å². The van der Waals surface area contributed by atoms with Crippen LogP contribution in [0.3, 0.4) is 0 Å². The van der Waals surface area contributed by atoms with Crippen LogP contribution in [0.15, 0.2) is 65.5 Å². The van der Waals surface area contributed by atoms with Crippen molar-refractivity contribution in [2.45, 2.75) is 25.9 Å². The molecule has 1 aliphatic heterocycles. The van der Waals surface area contributed by atoms with Gasteiger partial charge in [-0.05, 0) is 61.4 Å². The second kappa shape index (κ2) is 10.2. The zero-order chi connectivity index (χ0) is 26.3. The van der Waals surface area contributed by atoms with Gasteiger partial charge in [0.2, 0.25) is 0 Å². The molecule has 4 aromatic rings. The van der Waals surface area contributed by atoms with Crippen molar-refractivity contribution in [2.75, 3.05) is 24.5 Å². The highest BCUT2D eigenvalue weighted by molar-refractivity contribution is 6.30. The number of aryl methyl sites for hydroxylation is 1. The lowest BCUT2D eigenvalue weighted by Crippen LogP contribution is -2.53. The van der Waals surface area contributed by atoms with E-state index in [-0.39, 0.29) is 17.6 Å². The molecular weight excluding hydrogens is 505 g/mol. The van der Waals surface area contributed by atoms with Gasteiger partial charge in [0.25, 0.3) is 5.56 Å². The van der Waals surface area contributed by atoms with Gasteiger partial charge >= 0.3 is 0 Å². The third-order valence-corrected chi connectivity index (χ3v) is 7.76. The van der Waals surface area contributed by atoms with E-state index in [2.05, 4.69) is 52.0 Å². The van der Waals surface area contributed by atoms with Crippen molar-refractivity contribution in [1.82, 2.24) is 14.5 Å². The molecule has 0 amide bonds. The maximum Gasteiger partial charge on any atom is 0.255 e. The Labute approximate surface area is 226 Å². The van der Waals surface area contributed by atoms with Gasteiger partial charge in [0.1, 0.15) is 17.3 Å². The molecule has 0 radical (unpaired) electrons. The summed E-state index contributed by atoms with van der Waals surface area (Å²) in [6.07, 6.45) is 0. The van der Waals surface area contributed by atoms with Crippen LogP contribution >= 0.6 is 23.2 Å². The number of piperazine rings is 1. The molecule has 1 atom stereocenters. The fourth-order valence-corrected chi connectivity index (χ4v) is 5.66. The van der Waals surface area contributed by atoms with Crippen molar-refractivity contribution in [3.8, 4) is 6.07 Å². The third-order valence-electron chi connectivity index (χ3n) is 7.25. The maximum absolute atomic E-state index is 13.1. The van der Waals surface area contributed by atoms with Crippen LogP contribution in [-0.4, -0.2) is 40.1 Å². The average molecular weight is 532 g/mol. The molecular formula is C29H27Cl2N5O. The molecule has 2 aromatic carbocycles. The molecule has 1 saturated heterocycles. The molecule has 2 aromatic heterocycles. The standard InChI is InChI=1S/C29H27Cl2N5O/c1-18-17-35(27-19(2)29(37)34(3)25-13-12-24(16-32)33-26(25)27)14-15-36(18)28(20-4-8-22(30)9-5-20)21-6-10-23(31)11-7-21/h4-13,18,28H,14-15,17H2,1-3H3. The van der Waals surface area contributed by atoms with Gasteiger partial charge in [-0.3, -0.25) is 9.69 Å². The second-order valence-corrected chi connectivity index (χ2v) is 10.4. The number of benzene rings is 2. The predicted octanol–water partition coefficient (Wildman–Crippen LogP) is 5.72. The van der Waals surface area contributed by atoms with Crippen LogP contribution in [0.4, 0.5) is 5.69 Å². The zero-order valence-corrected chi connectivity index (χ0v) is 22.5. The monoisotopic (exact) mass is 531 g/mol. The molecule has 1 fully saturated rings. The Kier molecular flexibility index (Phi) is 6.96. The van der Waals surface area contributed by atoms with Crippen molar-refractivity contribution in [3.63, 3.8) is 0 Å². The summed E-state index contributed by atoms with van der Waals surface area (Å²) in [7, 11) is 1.75. The quantitative estimate of drug-likeness (QED) is 0.337. The number of hydrogen-bond donors (Lipinski definition) is 0. The van der Waals surface area contributed by atoms with E-state index in [1.54, 1.807) is 17.7 Å². The molecule has 0 spiro atoms. The Morgan fingerprint density at radius 2 is 1.57 bits per heavy atom. The van der Waals surface area contributed by atoms with Gasteiger partial charge in [-0.15, -0.1) is 0 Å². The lowest BCUT2D eigenvalue weighted by atomic mass is 9.94. The van der Waals surface area contributed by atoms with E-state index in [9.17, 15) is 10.1 Å². The second-order valence-electron chi connectivity index (χ2n) is 9.55. The van der Waals surface area contributed by atoms with E-state index in [0.29, 0.717) is 39.9 Å². The fourth-order valence-electron chi connectivity index (χ4n) is 5.41. The summed E-state index contributed by atoms with van der Waals surface area (Å²) in [5, 5.41) is 10.9. The van der Waals surface area contributed by atoms with Gasteiger partial charge < -0.3 is 9.47 Å². The third kappa shape index (κ3) is 4.71. The molecule has 8 heteroatoms. The van der Waals surface area contributed by atoms with E-state index in [4.69, 9.17) is 23.2 Å². The SMILES string of the molecule is Cc1c(N2CCN(C(c3ccc(Cl)cc3)c3ccc(Cl)cc3)C(C)C2)c2nc(C#N)ccc2n(C)c1=O. The minimum absolute atomic E-state index is 0.0245. The highest BCUT2D eigenvalue weighted by atomic mass is 35.5. The van der Waals surface area contributed by atoms with E-state index in [1.165, 1.54) is 0 Å². The molecule has 1 unspecified atom stereocenters. The van der Waals surface area contributed by atoms with Crippen LogP contribution in [-0.2, 0) is 7.05 Å². The topological polar surface area (TPSA) is 65.2 Å². The van der Waals surface area contributed by atoms with E-state index in [0.717, 1.165) is 28.9 Å². The summed E-state index contributed by atoms with van der Waals surface area (Å²) < 4.78 is 1.61. The molecule has 188 valence electrons. The summed E-state index contributed by atoms with van der Waals surface area (Å²) >= 11 is 12.4. The zero-order valence-electron chi connectivity index (χ0n) is 20.9. The summed E-state index contributed by atoms with van der Waals surface area (Å²) in [5.74, 6) is 0. The predicted molar refractivity (Wildman–Crippen MR) is 150 cm³/mol. The molecule has 0 N–H and O–H groups in total. The fraction of sp³-hybridized carbons (Fsp3) is 0.276. The van der Waals surface area contributed by atoms with Gasteiger partial charge in [-0.1, -0.05) is 47.5 Å². The van der Waals surface area contributed by atoms with Crippen molar-refractivity contribution < 1.29 is 0 Å². The molecule has 0 bridgehead atoms. The van der Waals surface area contributed by atoms with Gasteiger partial charge in [0.05, 0.1) is 17.2 Å². The number of nitrogens with zero attached hydrogens (tertiary/aromatic N) is 5. The number of hydrogen-bond acceptors (Lipinski definition) is 5. The Balaban J connectivity index is 1.54. The maximum atomic E-state index is 13.1. The molecule has 6 nitrogen and oxygen atoms in total. The average Bonchev–Trinajstić information content (AvgIpc) is 2.90. The Bertz CT molecular complexity index is 1510. The largest absolute Gasteiger partial charge is 0.367 e. The lowest BCUT2D eigenvalue weighted by molar-refractivity contribution is 0.150. The smallest absolute Gasteiger partial charge is 0.255 e. The molecule has 37 heavy (non-hydrogen) atoms. The number of halogens is 2. The van der Waals surface area contributed by atoms with Crippen LogP contribution in [0, 0.1) is 18.3 Å². The van der Waals surface area contributed by atoms with Crippen LogP contribution in [0.25, 0.3) is 11.0 Å². The number of rotatable bonds is 4. The number of pyridine rings is 2. The molecule has 0 saturated carbocycles. The first-order valence-corrected chi connectivity index (χ1v) is 13.0. The van der Waals surface area contributed by atoms with Crippen molar-refractivity contribution >= 4 is 39.9 Å². The number of aromatic nitrogens is 2. The van der Waals surface area contributed by atoms with Crippen molar-refractivity contribution in [2.24, 2.45) is 7.05 Å². The summed E-state index contributed by atoms with van der Waals surface area (Å²) in [4.78, 5) is 22.4. The summed E-state index contributed by atoms with van der Waals surface area (Å²) in [6, 6.07) is 21.8. The first-order valence-electron chi connectivity index (χ1n) is 12.2. The molecule has 3 heterocycles. The molecule has 1 aliphatic rings. The minimum atomic E-state index is -0.0516. The van der Waals surface area contributed by atoms with E-state index >= 15 is 0 Å². The number of nitriles is 1. The van der Waals surface area contributed by atoms with E-state index in [1.807, 2.05) is 37.3 Å². The van der Waals surface area contributed by atoms with Gasteiger partial charge in [-0.25, -0.2) is 4.98 Å². The molecule has 0 aliphatic carbocycles. The van der Waals surface area contributed by atoms with Crippen LogP contribution in [0.2, 0.25) is 10.0 Å². The van der Waals surface area contributed by atoms with Crippen molar-refractivity contribution in [3.05, 3.63) is 103 Å². The van der Waals surface area contributed by atoms with Gasteiger partial charge in [-0.2, -0.15) is 5.26 Å². The van der Waals surface area contributed by atoms with Crippen LogP contribution in [0.1, 0.15) is 35.3 Å². The molecule has 5 rings (SSSR count). The Morgan fingerprint density at radius 3 is 2.11 bits per heavy atom. The van der Waals surface area contributed by atoms with Gasteiger partial charge in [0, 0.05) is 48.3 Å². The number of anilines is 1. The van der Waals surface area contributed by atoms with E-state index < -0.39 is 0 Å².